The van der Waals surface area contributed by atoms with Crippen molar-refractivity contribution in [2.24, 2.45) is 5.73 Å². The molecule has 12 heteroatoms. The number of fused-ring (bicyclic) bond motifs is 1. The van der Waals surface area contributed by atoms with Crippen LogP contribution in [0, 0.1) is 6.92 Å². The molecule has 3 aliphatic heterocycles. The lowest BCUT2D eigenvalue weighted by Crippen LogP contribution is -2.39. The van der Waals surface area contributed by atoms with Crippen molar-refractivity contribution in [3.63, 3.8) is 0 Å². The zero-order valence-corrected chi connectivity index (χ0v) is 19.9. The Morgan fingerprint density at radius 3 is 2.44 bits per heavy atom. The van der Waals surface area contributed by atoms with Gasteiger partial charge in [0.05, 0.1) is 32.1 Å². The van der Waals surface area contributed by atoms with Gasteiger partial charge in [0.2, 0.25) is 11.9 Å². The number of pyridine rings is 2. The van der Waals surface area contributed by atoms with Crippen LogP contribution in [0.3, 0.4) is 0 Å². The van der Waals surface area contributed by atoms with Gasteiger partial charge in [0.15, 0.2) is 11.4 Å². The first kappa shape index (κ1) is 22.6. The van der Waals surface area contributed by atoms with E-state index in [1.807, 2.05) is 30.0 Å². The highest BCUT2D eigenvalue weighted by atomic mass is 16.5. The number of rotatable bonds is 5. The third kappa shape index (κ3) is 4.07. The predicted molar refractivity (Wildman–Crippen MR) is 130 cm³/mol. The summed E-state index contributed by atoms with van der Waals surface area (Å²) in [4.78, 5) is 32.3. The van der Waals surface area contributed by atoms with E-state index in [2.05, 4.69) is 14.9 Å². The molecule has 1 atom stereocenters. The zero-order valence-electron chi connectivity index (χ0n) is 19.9. The van der Waals surface area contributed by atoms with E-state index in [0.29, 0.717) is 81.4 Å². The van der Waals surface area contributed by atoms with E-state index >= 15 is 0 Å². The number of aromatic nitrogens is 3. The number of aryl methyl sites for hydroxylation is 1. The van der Waals surface area contributed by atoms with Crippen molar-refractivity contribution < 1.29 is 23.4 Å². The highest BCUT2D eigenvalue weighted by molar-refractivity contribution is 5.98. The highest BCUT2D eigenvalue weighted by Crippen LogP contribution is 2.43. The summed E-state index contributed by atoms with van der Waals surface area (Å²) >= 11 is 0. The quantitative estimate of drug-likeness (QED) is 0.554. The van der Waals surface area contributed by atoms with Gasteiger partial charge in [-0.25, -0.2) is 4.98 Å². The van der Waals surface area contributed by atoms with Gasteiger partial charge < -0.3 is 34.2 Å². The summed E-state index contributed by atoms with van der Waals surface area (Å²) in [6.45, 7) is 6.92. The molecule has 12 nitrogen and oxygen atoms in total. The number of carbonyl (C=O) groups is 1. The van der Waals surface area contributed by atoms with Gasteiger partial charge in [-0.15, -0.1) is 0 Å². The second kappa shape index (κ2) is 9.28. The number of anilines is 3. The Kier molecular flexibility index (Phi) is 5.82. The van der Waals surface area contributed by atoms with Gasteiger partial charge in [-0.2, -0.15) is 4.98 Å². The molecule has 0 bridgehead atoms. The monoisotopic (exact) mass is 493 g/mol. The zero-order chi connectivity index (χ0) is 24.6. The minimum atomic E-state index is -0.630. The van der Waals surface area contributed by atoms with Crippen LogP contribution in [0.4, 0.5) is 17.5 Å². The van der Waals surface area contributed by atoms with E-state index in [9.17, 15) is 4.79 Å². The molecule has 36 heavy (non-hydrogen) atoms. The first-order valence-electron chi connectivity index (χ1n) is 11.9. The molecule has 3 aromatic rings. The molecule has 3 aliphatic rings. The molecule has 2 fully saturated rings. The number of hydrogen-bond acceptors (Lipinski definition) is 11. The van der Waals surface area contributed by atoms with Crippen LogP contribution in [0.1, 0.15) is 17.5 Å². The molecule has 1 unspecified atom stereocenters. The van der Waals surface area contributed by atoms with Crippen molar-refractivity contribution in [3.05, 3.63) is 47.6 Å². The fourth-order valence-electron chi connectivity index (χ4n) is 4.66. The summed E-state index contributed by atoms with van der Waals surface area (Å²) in [7, 11) is 0. The van der Waals surface area contributed by atoms with Crippen LogP contribution in [-0.4, -0.2) is 73.5 Å². The molecule has 3 aromatic heterocycles. The molecule has 6 rings (SSSR count). The standard InChI is InChI=1S/C24H27N7O5/c1-15-12-16(2-3-26-15)23-31(18(14-35-23)20(25)32)17-13-19-21(27-22(17)29-4-8-33-9-5-29)28-24(36-19)30-6-10-34-11-7-30/h2-3,12-14,23H,4-11H2,1H3,(H2,25,32). The molecule has 188 valence electrons. The number of carbonyl (C=O) groups excluding carboxylic acids is 1. The smallest absolute Gasteiger partial charge is 0.300 e. The van der Waals surface area contributed by atoms with E-state index in [1.165, 1.54) is 6.26 Å². The number of hydrogen-bond donors (Lipinski definition) is 1. The largest absolute Gasteiger partial charge is 0.471 e. The molecule has 0 spiro atoms. The minimum absolute atomic E-state index is 0.220. The second-order valence-electron chi connectivity index (χ2n) is 8.80. The Morgan fingerprint density at radius 1 is 1.03 bits per heavy atom. The van der Waals surface area contributed by atoms with Crippen molar-refractivity contribution in [3.8, 4) is 0 Å². The summed E-state index contributed by atoms with van der Waals surface area (Å²) < 4.78 is 23.2. The highest BCUT2D eigenvalue weighted by Gasteiger charge is 2.37. The molecule has 0 aromatic carbocycles. The van der Waals surface area contributed by atoms with Gasteiger partial charge in [0, 0.05) is 49.7 Å². The lowest BCUT2D eigenvalue weighted by molar-refractivity contribution is -0.114. The number of ether oxygens (including phenoxy) is 3. The number of morpholine rings is 2. The summed E-state index contributed by atoms with van der Waals surface area (Å²) in [6, 6.07) is 6.13. The van der Waals surface area contributed by atoms with Crippen LogP contribution < -0.4 is 20.4 Å². The van der Waals surface area contributed by atoms with Gasteiger partial charge in [-0.3, -0.25) is 14.7 Å². The molecule has 0 radical (unpaired) electrons. The lowest BCUT2D eigenvalue weighted by Gasteiger charge is -2.33. The van der Waals surface area contributed by atoms with Crippen LogP contribution in [0.25, 0.3) is 11.2 Å². The maximum absolute atomic E-state index is 12.5. The second-order valence-corrected chi connectivity index (χ2v) is 8.80. The van der Waals surface area contributed by atoms with Crippen molar-refractivity contribution in [2.45, 2.75) is 13.2 Å². The maximum Gasteiger partial charge on any atom is 0.300 e. The van der Waals surface area contributed by atoms with E-state index in [4.69, 9.17) is 29.3 Å². The van der Waals surface area contributed by atoms with Crippen molar-refractivity contribution in [2.75, 3.05) is 67.3 Å². The van der Waals surface area contributed by atoms with Gasteiger partial charge in [0.25, 0.3) is 11.9 Å². The van der Waals surface area contributed by atoms with Gasteiger partial charge in [-0.1, -0.05) is 0 Å². The fourth-order valence-corrected chi connectivity index (χ4v) is 4.66. The van der Waals surface area contributed by atoms with Crippen LogP contribution in [0.15, 0.2) is 40.8 Å². The Bertz CT molecular complexity index is 1310. The number of nitrogens with zero attached hydrogens (tertiary/aromatic N) is 6. The molecule has 2 N–H and O–H groups in total. The first-order chi connectivity index (χ1) is 17.6. The SMILES string of the molecule is Cc1cc(C2OC=C(C(N)=O)N2c2cc3oc(N4CCOCC4)nc3nc2N2CCOCC2)ccn1. The van der Waals surface area contributed by atoms with Gasteiger partial charge >= 0.3 is 0 Å². The van der Waals surface area contributed by atoms with Crippen LogP contribution in [0.2, 0.25) is 0 Å². The van der Waals surface area contributed by atoms with E-state index in [1.54, 1.807) is 11.1 Å². The topological polar surface area (TPSA) is 132 Å². The third-order valence-corrected chi connectivity index (χ3v) is 6.44. The number of oxazole rings is 1. The predicted octanol–water partition coefficient (Wildman–Crippen LogP) is 1.46. The summed E-state index contributed by atoms with van der Waals surface area (Å²) in [6.07, 6.45) is 2.48. The summed E-state index contributed by atoms with van der Waals surface area (Å²) in [5.41, 5.74) is 9.29. The van der Waals surface area contributed by atoms with Crippen LogP contribution >= 0.6 is 0 Å². The normalized spacial score (nSPS) is 20.5. The molecule has 2 saturated heterocycles. The summed E-state index contributed by atoms with van der Waals surface area (Å²) in [5, 5.41) is 0. The van der Waals surface area contributed by atoms with Crippen LogP contribution in [-0.2, 0) is 19.0 Å². The molecule has 6 heterocycles. The Morgan fingerprint density at radius 2 is 1.75 bits per heavy atom. The minimum Gasteiger partial charge on any atom is -0.471 e. The summed E-state index contributed by atoms with van der Waals surface area (Å²) in [5.74, 6) is 0.0453. The third-order valence-electron chi connectivity index (χ3n) is 6.44. The van der Waals surface area contributed by atoms with E-state index in [0.717, 1.165) is 11.3 Å². The number of primary amides is 1. The van der Waals surface area contributed by atoms with E-state index in [-0.39, 0.29) is 5.70 Å². The first-order valence-corrected chi connectivity index (χ1v) is 11.9. The Hall–Kier alpha value is -3.90. The lowest BCUT2D eigenvalue weighted by atomic mass is 10.1. The Balaban J connectivity index is 1.49. The molecular formula is C24H27N7O5. The molecule has 0 aliphatic carbocycles. The van der Waals surface area contributed by atoms with Crippen LogP contribution in [0.5, 0.6) is 0 Å². The van der Waals surface area contributed by atoms with E-state index < -0.39 is 12.1 Å². The number of nitrogens with two attached hydrogens (primary N) is 1. The Labute approximate surface area is 207 Å². The fraction of sp³-hybridized carbons (Fsp3) is 0.417. The average Bonchev–Trinajstić information content (AvgIpc) is 3.53. The molecule has 1 amide bonds. The molecule has 0 saturated carbocycles. The van der Waals surface area contributed by atoms with Gasteiger partial charge in [-0.05, 0) is 19.1 Å². The van der Waals surface area contributed by atoms with Crippen molar-refractivity contribution in [1.82, 2.24) is 15.0 Å². The maximum atomic E-state index is 12.5. The van der Waals surface area contributed by atoms with Crippen molar-refractivity contribution >= 4 is 34.7 Å². The average molecular weight is 494 g/mol. The van der Waals surface area contributed by atoms with Crippen molar-refractivity contribution in [1.29, 1.82) is 0 Å². The molecular weight excluding hydrogens is 466 g/mol. The van der Waals surface area contributed by atoms with Gasteiger partial charge in [0.1, 0.15) is 12.0 Å². The number of amides is 1.